The largest absolute Gasteiger partial charge is 0.493 e. The van der Waals surface area contributed by atoms with E-state index in [-0.39, 0.29) is 17.3 Å². The van der Waals surface area contributed by atoms with E-state index >= 15 is 0 Å². The van der Waals surface area contributed by atoms with E-state index in [0.717, 1.165) is 3.57 Å². The summed E-state index contributed by atoms with van der Waals surface area (Å²) < 4.78 is 11.6. The second-order valence-corrected chi connectivity index (χ2v) is 7.37. The molecule has 0 aliphatic carbocycles. The summed E-state index contributed by atoms with van der Waals surface area (Å²) in [7, 11) is 1.50. The van der Waals surface area contributed by atoms with E-state index < -0.39 is 11.8 Å². The molecule has 1 heterocycles. The Kier molecular flexibility index (Phi) is 6.51. The van der Waals surface area contributed by atoms with Gasteiger partial charge < -0.3 is 9.47 Å². The van der Waals surface area contributed by atoms with Gasteiger partial charge in [-0.05, 0) is 70.7 Å². The molecule has 8 heteroatoms. The molecule has 1 fully saturated rings. The number of nitrogens with zero attached hydrogens (tertiary/aromatic N) is 1. The normalized spacial score (nSPS) is 15.1. The maximum atomic E-state index is 13.0. The molecule has 0 spiro atoms. The molecule has 2 amide bonds. The molecule has 1 aliphatic heterocycles. The Labute approximate surface area is 187 Å². The topological polar surface area (TPSA) is 67.9 Å². The second kappa shape index (κ2) is 9.07. The van der Waals surface area contributed by atoms with Crippen molar-refractivity contribution in [2.45, 2.75) is 0 Å². The van der Waals surface area contributed by atoms with Gasteiger partial charge in [-0.25, -0.2) is 0 Å². The van der Waals surface area contributed by atoms with Gasteiger partial charge in [0.1, 0.15) is 12.2 Å². The predicted molar refractivity (Wildman–Crippen MR) is 123 cm³/mol. The summed E-state index contributed by atoms with van der Waals surface area (Å²) >= 11 is 7.27. The van der Waals surface area contributed by atoms with Crippen LogP contribution in [0.3, 0.4) is 0 Å². The number of rotatable bonds is 5. The summed E-state index contributed by atoms with van der Waals surface area (Å²) in [5, 5.41) is 2.60. The van der Waals surface area contributed by atoms with E-state index in [1.807, 2.05) is 6.07 Å². The second-order valence-electron chi connectivity index (χ2n) is 5.82. The van der Waals surface area contributed by atoms with E-state index in [1.54, 1.807) is 36.4 Å². The Morgan fingerprint density at radius 2 is 2.00 bits per heavy atom. The number of hydrogen-bond acceptors (Lipinski definition) is 5. The molecule has 146 valence electrons. The van der Waals surface area contributed by atoms with Gasteiger partial charge in [0.15, 0.2) is 16.6 Å². The molecule has 3 rings (SSSR count). The highest BCUT2D eigenvalue weighted by Crippen LogP contribution is 2.35. The molecule has 6 nitrogen and oxygen atoms in total. The van der Waals surface area contributed by atoms with Gasteiger partial charge in [0.25, 0.3) is 11.8 Å². The zero-order valence-corrected chi connectivity index (χ0v) is 18.2. The molecule has 2 aromatic rings. The van der Waals surface area contributed by atoms with Crippen molar-refractivity contribution in [1.82, 2.24) is 5.32 Å². The molecule has 0 unspecified atom stereocenters. The standard InChI is InChI=1S/C21H15IN2O4S/c1-3-9-28-18-16(22)11-13(12-17(18)27-2)10-15-19(25)23-21(29)24(20(15)26)14-7-5-4-6-8-14/h1,4-8,10-12H,9H2,2H3,(H,23,25,29)/b15-10-. The highest BCUT2D eigenvalue weighted by atomic mass is 127. The molecule has 2 aromatic carbocycles. The molecule has 0 saturated carbocycles. The highest BCUT2D eigenvalue weighted by molar-refractivity contribution is 14.1. The van der Waals surface area contributed by atoms with Gasteiger partial charge in [-0.15, -0.1) is 6.42 Å². The molecule has 1 aliphatic rings. The highest BCUT2D eigenvalue weighted by Gasteiger charge is 2.34. The zero-order chi connectivity index (χ0) is 21.0. The van der Waals surface area contributed by atoms with Crippen LogP contribution in [0.1, 0.15) is 5.56 Å². The summed E-state index contributed by atoms with van der Waals surface area (Å²) in [6.45, 7) is 0.0944. The monoisotopic (exact) mass is 518 g/mol. The lowest BCUT2D eigenvalue weighted by atomic mass is 10.1. The number of halogens is 1. The fourth-order valence-corrected chi connectivity index (χ4v) is 3.77. The maximum absolute atomic E-state index is 13.0. The van der Waals surface area contributed by atoms with Crippen molar-refractivity contribution in [3.8, 4) is 23.8 Å². The van der Waals surface area contributed by atoms with E-state index in [0.29, 0.717) is 22.7 Å². The zero-order valence-electron chi connectivity index (χ0n) is 15.3. The lowest BCUT2D eigenvalue weighted by molar-refractivity contribution is -0.122. The fraction of sp³-hybridized carbons (Fsp3) is 0.0952. The minimum Gasteiger partial charge on any atom is -0.493 e. The van der Waals surface area contributed by atoms with Crippen molar-refractivity contribution in [2.24, 2.45) is 0 Å². The molecule has 0 bridgehead atoms. The predicted octanol–water partition coefficient (Wildman–Crippen LogP) is 3.14. The van der Waals surface area contributed by atoms with Crippen LogP contribution < -0.4 is 19.7 Å². The Morgan fingerprint density at radius 1 is 1.28 bits per heavy atom. The van der Waals surface area contributed by atoms with Crippen molar-refractivity contribution in [1.29, 1.82) is 0 Å². The quantitative estimate of drug-likeness (QED) is 0.217. The number of para-hydroxylation sites is 1. The fourth-order valence-electron chi connectivity index (χ4n) is 2.71. The number of methoxy groups -OCH3 is 1. The number of thiocarbonyl (C=S) groups is 1. The van der Waals surface area contributed by atoms with Crippen LogP contribution in [0.15, 0.2) is 48.0 Å². The van der Waals surface area contributed by atoms with Crippen LogP contribution in [0.4, 0.5) is 5.69 Å². The van der Waals surface area contributed by atoms with Gasteiger partial charge in [-0.2, -0.15) is 0 Å². The van der Waals surface area contributed by atoms with Crippen LogP contribution in [0.5, 0.6) is 11.5 Å². The van der Waals surface area contributed by atoms with Crippen molar-refractivity contribution >= 4 is 63.5 Å². The number of benzene rings is 2. The van der Waals surface area contributed by atoms with Crippen LogP contribution in [0, 0.1) is 15.9 Å². The lowest BCUT2D eigenvalue weighted by Gasteiger charge is -2.28. The first kappa shape index (κ1) is 20.8. The Morgan fingerprint density at radius 3 is 2.66 bits per heavy atom. The van der Waals surface area contributed by atoms with Crippen LogP contribution in [0.25, 0.3) is 6.08 Å². The van der Waals surface area contributed by atoms with E-state index in [2.05, 4.69) is 33.8 Å². The molecule has 1 N–H and O–H groups in total. The number of anilines is 1. The SMILES string of the molecule is C#CCOc1c(I)cc(/C=C2/C(=O)NC(=S)N(c3ccccc3)C2=O)cc1OC. The van der Waals surface area contributed by atoms with E-state index in [4.69, 9.17) is 28.1 Å². The van der Waals surface area contributed by atoms with Gasteiger partial charge >= 0.3 is 0 Å². The average molecular weight is 518 g/mol. The Bertz CT molecular complexity index is 1060. The van der Waals surface area contributed by atoms with Gasteiger partial charge in [-0.1, -0.05) is 24.1 Å². The van der Waals surface area contributed by atoms with Crippen LogP contribution in [0.2, 0.25) is 0 Å². The van der Waals surface area contributed by atoms with Gasteiger partial charge in [0, 0.05) is 0 Å². The lowest BCUT2D eigenvalue weighted by Crippen LogP contribution is -2.54. The molecule has 0 atom stereocenters. The number of ether oxygens (including phenoxy) is 2. The minimum atomic E-state index is -0.561. The summed E-state index contributed by atoms with van der Waals surface area (Å²) in [5.41, 5.74) is 1.12. The van der Waals surface area contributed by atoms with Crippen LogP contribution >= 0.6 is 34.8 Å². The first-order valence-corrected chi connectivity index (χ1v) is 9.85. The third-order valence-corrected chi connectivity index (χ3v) is 5.06. The van der Waals surface area contributed by atoms with Gasteiger partial charge in [0.2, 0.25) is 0 Å². The number of carbonyl (C=O) groups excluding carboxylic acids is 2. The van der Waals surface area contributed by atoms with Crippen molar-refractivity contribution in [3.63, 3.8) is 0 Å². The number of nitrogens with one attached hydrogen (secondary N) is 1. The van der Waals surface area contributed by atoms with Crippen LogP contribution in [-0.4, -0.2) is 30.6 Å². The van der Waals surface area contributed by atoms with Crippen LogP contribution in [-0.2, 0) is 9.59 Å². The molecule has 0 radical (unpaired) electrons. The van der Waals surface area contributed by atoms with E-state index in [1.165, 1.54) is 18.1 Å². The maximum Gasteiger partial charge on any atom is 0.270 e. The molecule has 1 saturated heterocycles. The number of carbonyl (C=O) groups is 2. The summed E-state index contributed by atoms with van der Waals surface area (Å²) in [4.78, 5) is 26.8. The van der Waals surface area contributed by atoms with Gasteiger partial charge in [0.05, 0.1) is 16.4 Å². The van der Waals surface area contributed by atoms with Crippen molar-refractivity contribution < 1.29 is 19.1 Å². The molecular weight excluding hydrogens is 503 g/mol. The average Bonchev–Trinajstić information content (AvgIpc) is 2.70. The summed E-state index contributed by atoms with van der Waals surface area (Å²) in [6, 6.07) is 12.3. The molecule has 29 heavy (non-hydrogen) atoms. The third-order valence-electron chi connectivity index (χ3n) is 3.98. The molecular formula is C21H15IN2O4S. The Balaban J connectivity index is 2.01. The van der Waals surface area contributed by atoms with Gasteiger partial charge in [-0.3, -0.25) is 19.8 Å². The summed E-state index contributed by atoms with van der Waals surface area (Å²) in [5.74, 6) is 2.28. The first-order valence-electron chi connectivity index (χ1n) is 8.36. The summed E-state index contributed by atoms with van der Waals surface area (Å²) in [6.07, 6.45) is 6.74. The molecule has 0 aromatic heterocycles. The smallest absolute Gasteiger partial charge is 0.270 e. The first-order chi connectivity index (χ1) is 14.0. The number of terminal acetylenes is 1. The third kappa shape index (κ3) is 4.41. The number of amides is 2. The number of hydrogen-bond donors (Lipinski definition) is 1. The van der Waals surface area contributed by atoms with Crippen molar-refractivity contribution in [2.75, 3.05) is 18.6 Å². The minimum absolute atomic E-state index is 0.0357. The van der Waals surface area contributed by atoms with Crippen molar-refractivity contribution in [3.05, 3.63) is 57.2 Å². The van der Waals surface area contributed by atoms with E-state index in [9.17, 15) is 9.59 Å². The Hall–Kier alpha value is -2.90.